The van der Waals surface area contributed by atoms with E-state index in [4.69, 9.17) is 8.60 Å². The molecule has 4 aromatic rings. The quantitative estimate of drug-likeness (QED) is 0.322. The molecule has 0 spiro atoms. The van der Waals surface area contributed by atoms with Gasteiger partial charge in [0.25, 0.3) is 10.0 Å². The second-order valence-electron chi connectivity index (χ2n) is 6.65. The van der Waals surface area contributed by atoms with Crippen molar-refractivity contribution in [3.8, 4) is 5.75 Å². The maximum atomic E-state index is 13.4. The topological polar surface area (TPSA) is 120 Å². The molecule has 0 bridgehead atoms. The number of sulfonamides is 1. The molecule has 0 radical (unpaired) electrons. The van der Waals surface area contributed by atoms with Crippen molar-refractivity contribution in [1.82, 2.24) is 0 Å². The Kier molecular flexibility index (Phi) is 5.64. The highest BCUT2D eigenvalue weighted by Crippen LogP contribution is 2.29. The third kappa shape index (κ3) is 4.56. The molecule has 0 aliphatic carbocycles. The zero-order chi connectivity index (χ0) is 23.8. The minimum Gasteiger partial charge on any atom is -0.417 e. The SMILES string of the molecule is O=c1oc2c(OS(=O)(=O)c3ccccc3)cccc2cc1NS(=O)(=O)c1ccc(F)c(F)c1. The first-order chi connectivity index (χ1) is 15.6. The number of rotatable bonds is 6. The van der Waals surface area contributed by atoms with Crippen LogP contribution in [-0.2, 0) is 20.1 Å². The zero-order valence-electron chi connectivity index (χ0n) is 16.4. The van der Waals surface area contributed by atoms with Gasteiger partial charge in [0.2, 0.25) is 0 Å². The van der Waals surface area contributed by atoms with Crippen LogP contribution >= 0.6 is 0 Å². The minimum atomic E-state index is -4.46. The summed E-state index contributed by atoms with van der Waals surface area (Å²) in [5.41, 5.74) is -1.94. The molecule has 0 fully saturated rings. The molecule has 8 nitrogen and oxygen atoms in total. The second-order valence-corrected chi connectivity index (χ2v) is 9.88. The maximum absolute atomic E-state index is 13.4. The number of anilines is 1. The van der Waals surface area contributed by atoms with Crippen LogP contribution in [0.1, 0.15) is 0 Å². The highest BCUT2D eigenvalue weighted by Gasteiger charge is 2.22. The summed E-state index contributed by atoms with van der Waals surface area (Å²) < 4.78 is 88.7. The van der Waals surface area contributed by atoms with Crippen LogP contribution in [0.4, 0.5) is 14.5 Å². The van der Waals surface area contributed by atoms with Crippen LogP contribution in [0.3, 0.4) is 0 Å². The summed E-state index contributed by atoms with van der Waals surface area (Å²) >= 11 is 0. The van der Waals surface area contributed by atoms with Gasteiger partial charge in [-0.2, -0.15) is 8.42 Å². The molecule has 0 amide bonds. The lowest BCUT2D eigenvalue weighted by Crippen LogP contribution is -2.19. The van der Waals surface area contributed by atoms with Crippen LogP contribution in [-0.4, -0.2) is 16.8 Å². The van der Waals surface area contributed by atoms with Crippen molar-refractivity contribution in [2.45, 2.75) is 9.79 Å². The summed E-state index contributed by atoms with van der Waals surface area (Å²) in [7, 11) is -8.70. The summed E-state index contributed by atoms with van der Waals surface area (Å²) in [5, 5.41) is 0.137. The number of fused-ring (bicyclic) bond motifs is 1. The molecule has 170 valence electrons. The molecule has 0 atom stereocenters. The minimum absolute atomic E-state index is 0.125. The lowest BCUT2D eigenvalue weighted by molar-refractivity contribution is 0.475. The van der Waals surface area contributed by atoms with E-state index >= 15 is 0 Å². The van der Waals surface area contributed by atoms with Gasteiger partial charge in [-0.3, -0.25) is 4.72 Å². The van der Waals surface area contributed by atoms with Crippen molar-refractivity contribution in [2.75, 3.05) is 4.72 Å². The molecule has 0 saturated carbocycles. The van der Waals surface area contributed by atoms with E-state index in [0.717, 1.165) is 12.1 Å². The van der Waals surface area contributed by atoms with Crippen LogP contribution in [0, 0.1) is 11.6 Å². The first-order valence-electron chi connectivity index (χ1n) is 9.11. The summed E-state index contributed by atoms with van der Waals surface area (Å²) in [6.45, 7) is 0. The Hall–Kier alpha value is -3.77. The van der Waals surface area contributed by atoms with E-state index in [-0.39, 0.29) is 21.6 Å². The number of para-hydroxylation sites is 1. The molecule has 4 rings (SSSR count). The molecule has 12 heteroatoms. The average molecular weight is 493 g/mol. The molecule has 33 heavy (non-hydrogen) atoms. The van der Waals surface area contributed by atoms with Crippen LogP contribution in [0.2, 0.25) is 0 Å². The highest BCUT2D eigenvalue weighted by atomic mass is 32.2. The van der Waals surface area contributed by atoms with E-state index in [1.165, 1.54) is 42.5 Å². The largest absolute Gasteiger partial charge is 0.417 e. The van der Waals surface area contributed by atoms with Crippen molar-refractivity contribution in [3.05, 3.63) is 94.9 Å². The standard InChI is InChI=1S/C21H13F2NO7S2/c22-16-10-9-15(12-17(16)23)32(26,27)24-18-11-13-5-4-8-19(20(13)30-21(18)25)31-33(28,29)14-6-2-1-3-7-14/h1-12,24H. The van der Waals surface area contributed by atoms with E-state index in [1.807, 2.05) is 4.72 Å². The van der Waals surface area contributed by atoms with E-state index in [9.17, 15) is 30.4 Å². The van der Waals surface area contributed by atoms with Crippen LogP contribution in [0.15, 0.2) is 91.8 Å². The van der Waals surface area contributed by atoms with Gasteiger partial charge in [0.05, 0.1) is 4.90 Å². The fraction of sp³-hybridized carbons (Fsp3) is 0. The third-order valence-corrected chi connectivity index (χ3v) is 7.01. The first-order valence-corrected chi connectivity index (χ1v) is 12.0. The Morgan fingerprint density at radius 2 is 1.52 bits per heavy atom. The van der Waals surface area contributed by atoms with Crippen molar-refractivity contribution in [3.63, 3.8) is 0 Å². The molecule has 1 N–H and O–H groups in total. The van der Waals surface area contributed by atoms with Gasteiger partial charge < -0.3 is 8.60 Å². The third-order valence-electron chi connectivity index (χ3n) is 4.40. The molecule has 3 aromatic carbocycles. The molecule has 0 unspecified atom stereocenters. The molecule has 1 heterocycles. The Balaban J connectivity index is 1.72. The summed E-state index contributed by atoms with van der Waals surface area (Å²) in [6.07, 6.45) is 0. The average Bonchev–Trinajstić information content (AvgIpc) is 2.77. The zero-order valence-corrected chi connectivity index (χ0v) is 18.0. The van der Waals surface area contributed by atoms with Crippen molar-refractivity contribution in [2.24, 2.45) is 0 Å². The Labute approximate surface area is 186 Å². The number of hydrogen-bond acceptors (Lipinski definition) is 7. The van der Waals surface area contributed by atoms with Crippen LogP contribution < -0.4 is 14.5 Å². The Morgan fingerprint density at radius 3 is 2.21 bits per heavy atom. The number of nitrogens with one attached hydrogen (secondary N) is 1. The smallest absolute Gasteiger partial charge is 0.360 e. The fourth-order valence-electron chi connectivity index (χ4n) is 2.86. The van der Waals surface area contributed by atoms with Gasteiger partial charge in [-0.25, -0.2) is 22.0 Å². The van der Waals surface area contributed by atoms with Crippen LogP contribution in [0.25, 0.3) is 11.0 Å². The van der Waals surface area contributed by atoms with E-state index < -0.39 is 48.0 Å². The van der Waals surface area contributed by atoms with Gasteiger partial charge in [0.15, 0.2) is 23.0 Å². The molecule has 0 saturated heterocycles. The van der Waals surface area contributed by atoms with Crippen molar-refractivity contribution < 1.29 is 34.2 Å². The van der Waals surface area contributed by atoms with Crippen molar-refractivity contribution >= 4 is 36.8 Å². The molecular weight excluding hydrogens is 480 g/mol. The van der Waals surface area contributed by atoms with Gasteiger partial charge >= 0.3 is 15.7 Å². The summed E-state index contributed by atoms with van der Waals surface area (Å²) in [4.78, 5) is 11.7. The Bertz CT molecular complexity index is 1630. The summed E-state index contributed by atoms with van der Waals surface area (Å²) in [5.74, 6) is -2.91. The predicted octanol–water partition coefficient (Wildman–Crippen LogP) is 3.64. The molecule has 1 aromatic heterocycles. The van der Waals surface area contributed by atoms with Crippen molar-refractivity contribution in [1.29, 1.82) is 0 Å². The first kappa shape index (κ1) is 22.4. The second kappa shape index (κ2) is 8.30. The van der Waals surface area contributed by atoms with Crippen LogP contribution in [0.5, 0.6) is 5.75 Å². The molecule has 0 aliphatic heterocycles. The Morgan fingerprint density at radius 1 is 0.788 bits per heavy atom. The van der Waals surface area contributed by atoms with E-state index in [0.29, 0.717) is 12.1 Å². The molecular formula is C21H13F2NO7S2. The van der Waals surface area contributed by atoms with Gasteiger partial charge in [0, 0.05) is 5.39 Å². The predicted molar refractivity (Wildman–Crippen MR) is 114 cm³/mol. The summed E-state index contributed by atoms with van der Waals surface area (Å²) in [6, 6.07) is 14.4. The van der Waals surface area contributed by atoms with Gasteiger partial charge in [-0.1, -0.05) is 30.3 Å². The van der Waals surface area contributed by atoms with E-state index in [2.05, 4.69) is 0 Å². The number of hydrogen-bond donors (Lipinski definition) is 1. The van der Waals surface area contributed by atoms with Gasteiger partial charge in [-0.15, -0.1) is 0 Å². The number of halogens is 2. The molecule has 0 aliphatic rings. The lowest BCUT2D eigenvalue weighted by Gasteiger charge is -2.10. The van der Waals surface area contributed by atoms with E-state index in [1.54, 1.807) is 6.07 Å². The highest BCUT2D eigenvalue weighted by molar-refractivity contribution is 7.92. The number of benzene rings is 3. The monoisotopic (exact) mass is 493 g/mol. The van der Waals surface area contributed by atoms with Gasteiger partial charge in [0.1, 0.15) is 10.6 Å². The van der Waals surface area contributed by atoms with Gasteiger partial charge in [-0.05, 0) is 42.5 Å². The fourth-order valence-corrected chi connectivity index (χ4v) is 4.87. The lowest BCUT2D eigenvalue weighted by atomic mass is 10.2. The normalized spacial score (nSPS) is 11.9. The maximum Gasteiger partial charge on any atom is 0.360 e.